The third-order valence-corrected chi connectivity index (χ3v) is 3.05. The van der Waals surface area contributed by atoms with Gasteiger partial charge in [-0.2, -0.15) is 0 Å². The van der Waals surface area contributed by atoms with Crippen LogP contribution in [0.25, 0.3) is 0 Å². The zero-order valence-electron chi connectivity index (χ0n) is 8.90. The van der Waals surface area contributed by atoms with Gasteiger partial charge in [-0.3, -0.25) is 0 Å². The van der Waals surface area contributed by atoms with Crippen LogP contribution in [-0.2, 0) is 0 Å². The molecule has 1 saturated carbocycles. The van der Waals surface area contributed by atoms with Gasteiger partial charge in [0.2, 0.25) is 0 Å². The molecule has 1 aliphatic carbocycles. The van der Waals surface area contributed by atoms with Gasteiger partial charge in [0.25, 0.3) is 0 Å². The van der Waals surface area contributed by atoms with E-state index < -0.39 is 0 Å². The fourth-order valence-corrected chi connectivity index (χ4v) is 2.10. The Kier molecular flexibility index (Phi) is 4.93. The maximum atomic E-state index is 3.48. The lowest BCUT2D eigenvalue weighted by molar-refractivity contribution is 0.287. The Hall–Kier alpha value is -0.480. The Balaban J connectivity index is 2.19. The normalized spacial score (nSPS) is 20.5. The summed E-state index contributed by atoms with van der Waals surface area (Å²) in [6.07, 6.45) is 7.12. The average molecular weight is 179 g/mol. The predicted octanol–water partition coefficient (Wildman–Crippen LogP) is 2.57. The Morgan fingerprint density at radius 2 is 2.00 bits per heavy atom. The summed E-state index contributed by atoms with van der Waals surface area (Å²) in [5, 5.41) is 3.48. The number of nitrogens with one attached hydrogen (secondary N) is 1. The Morgan fingerprint density at radius 1 is 1.31 bits per heavy atom. The lowest BCUT2D eigenvalue weighted by Gasteiger charge is -2.27. The Bertz CT molecular complexity index is 181. The van der Waals surface area contributed by atoms with Crippen LogP contribution in [0.15, 0.2) is 0 Å². The molecule has 0 saturated heterocycles. The highest BCUT2D eigenvalue weighted by Crippen LogP contribution is 2.25. The molecule has 13 heavy (non-hydrogen) atoms. The van der Waals surface area contributed by atoms with Gasteiger partial charge in [0.15, 0.2) is 0 Å². The van der Waals surface area contributed by atoms with E-state index in [1.54, 1.807) is 0 Å². The van der Waals surface area contributed by atoms with Gasteiger partial charge in [-0.05, 0) is 32.6 Å². The van der Waals surface area contributed by atoms with E-state index in [0.29, 0.717) is 6.04 Å². The van der Waals surface area contributed by atoms with Gasteiger partial charge in [0, 0.05) is 6.04 Å². The van der Waals surface area contributed by atoms with Crippen molar-refractivity contribution in [1.82, 2.24) is 5.32 Å². The van der Waals surface area contributed by atoms with Crippen molar-refractivity contribution in [3.63, 3.8) is 0 Å². The summed E-state index contributed by atoms with van der Waals surface area (Å²) >= 11 is 0. The lowest BCUT2D eigenvalue weighted by Crippen LogP contribution is -2.34. The van der Waals surface area contributed by atoms with Crippen LogP contribution in [0.2, 0.25) is 0 Å². The van der Waals surface area contributed by atoms with Crippen LogP contribution >= 0.6 is 0 Å². The Morgan fingerprint density at radius 3 is 2.62 bits per heavy atom. The van der Waals surface area contributed by atoms with Gasteiger partial charge >= 0.3 is 0 Å². The van der Waals surface area contributed by atoms with E-state index in [2.05, 4.69) is 24.1 Å². The van der Waals surface area contributed by atoms with Crippen molar-refractivity contribution in [2.45, 2.75) is 52.0 Å². The second-order valence-electron chi connectivity index (χ2n) is 3.99. The minimum atomic E-state index is 0.654. The molecule has 0 radical (unpaired) electrons. The summed E-state index contributed by atoms with van der Waals surface area (Å²) in [6.45, 7) is 5.05. The maximum absolute atomic E-state index is 3.48. The lowest BCUT2D eigenvalue weighted by atomic mass is 9.84. The number of rotatable bonds is 3. The third kappa shape index (κ3) is 3.83. The van der Waals surface area contributed by atoms with Gasteiger partial charge in [-0.15, -0.1) is 5.92 Å². The summed E-state index contributed by atoms with van der Waals surface area (Å²) in [5.41, 5.74) is 0. The van der Waals surface area contributed by atoms with Crippen LogP contribution < -0.4 is 5.32 Å². The largest absolute Gasteiger partial charge is 0.303 e. The van der Waals surface area contributed by atoms with Crippen LogP contribution in [0.3, 0.4) is 0 Å². The summed E-state index contributed by atoms with van der Waals surface area (Å²) in [7, 11) is 0. The maximum Gasteiger partial charge on any atom is 0.0578 e. The summed E-state index contributed by atoms with van der Waals surface area (Å²) in [4.78, 5) is 0. The smallest absolute Gasteiger partial charge is 0.0578 e. The molecule has 74 valence electrons. The van der Waals surface area contributed by atoms with Crippen LogP contribution in [0.1, 0.15) is 46.0 Å². The van der Waals surface area contributed by atoms with Crippen molar-refractivity contribution in [1.29, 1.82) is 0 Å². The highest BCUT2D eigenvalue weighted by molar-refractivity contribution is 4.97. The predicted molar refractivity (Wildman–Crippen MR) is 57.5 cm³/mol. The highest BCUT2D eigenvalue weighted by atomic mass is 14.9. The van der Waals surface area contributed by atoms with Gasteiger partial charge < -0.3 is 5.32 Å². The van der Waals surface area contributed by atoms with Gasteiger partial charge in [0.05, 0.1) is 6.54 Å². The van der Waals surface area contributed by atoms with Crippen molar-refractivity contribution in [3.8, 4) is 11.8 Å². The summed E-state index contributed by atoms with van der Waals surface area (Å²) < 4.78 is 0. The molecule has 1 aliphatic rings. The summed E-state index contributed by atoms with van der Waals surface area (Å²) in [5.74, 6) is 6.87. The van der Waals surface area contributed by atoms with Crippen molar-refractivity contribution < 1.29 is 0 Å². The third-order valence-electron chi connectivity index (χ3n) is 3.05. The van der Waals surface area contributed by atoms with E-state index in [1.807, 2.05) is 6.92 Å². The summed E-state index contributed by atoms with van der Waals surface area (Å²) in [6, 6.07) is 0.654. The molecule has 1 atom stereocenters. The molecule has 0 aromatic carbocycles. The highest BCUT2D eigenvalue weighted by Gasteiger charge is 2.18. The number of hydrogen-bond donors (Lipinski definition) is 1. The molecule has 0 heterocycles. The second kappa shape index (κ2) is 6.05. The first-order chi connectivity index (χ1) is 6.34. The van der Waals surface area contributed by atoms with E-state index >= 15 is 0 Å². The van der Waals surface area contributed by atoms with Crippen LogP contribution in [-0.4, -0.2) is 12.6 Å². The van der Waals surface area contributed by atoms with E-state index in [4.69, 9.17) is 0 Å². The molecule has 0 spiro atoms. The van der Waals surface area contributed by atoms with E-state index in [-0.39, 0.29) is 0 Å². The van der Waals surface area contributed by atoms with E-state index in [1.165, 1.54) is 32.1 Å². The Labute approximate surface area is 82.3 Å². The molecular formula is C12H21N. The minimum Gasteiger partial charge on any atom is -0.303 e. The van der Waals surface area contributed by atoms with Crippen LogP contribution in [0.5, 0.6) is 0 Å². The SMILES string of the molecule is CC#CCN[C@@H](C)C1CCCCC1. The monoisotopic (exact) mass is 179 g/mol. The molecule has 0 unspecified atom stereocenters. The fourth-order valence-electron chi connectivity index (χ4n) is 2.10. The van der Waals surface area contributed by atoms with Gasteiger partial charge in [0.1, 0.15) is 0 Å². The molecule has 1 rings (SSSR count). The average Bonchev–Trinajstić information content (AvgIpc) is 2.19. The molecule has 0 aromatic heterocycles. The molecule has 0 bridgehead atoms. The van der Waals surface area contributed by atoms with Crippen molar-refractivity contribution in [2.24, 2.45) is 5.92 Å². The fraction of sp³-hybridized carbons (Fsp3) is 0.833. The van der Waals surface area contributed by atoms with Gasteiger partial charge in [-0.1, -0.05) is 25.2 Å². The molecule has 0 aromatic rings. The van der Waals surface area contributed by atoms with Crippen LogP contribution in [0.4, 0.5) is 0 Å². The molecule has 0 aliphatic heterocycles. The topological polar surface area (TPSA) is 12.0 Å². The first-order valence-corrected chi connectivity index (χ1v) is 5.47. The standard InChI is InChI=1S/C12H21N/c1-3-4-10-13-11(2)12-8-6-5-7-9-12/h11-13H,5-10H2,1-2H3/t11-/m0/s1. The molecule has 1 N–H and O–H groups in total. The van der Waals surface area contributed by atoms with Gasteiger partial charge in [-0.25, -0.2) is 0 Å². The van der Waals surface area contributed by atoms with Crippen molar-refractivity contribution in [2.75, 3.05) is 6.54 Å². The molecule has 1 nitrogen and oxygen atoms in total. The first-order valence-electron chi connectivity index (χ1n) is 5.47. The zero-order valence-corrected chi connectivity index (χ0v) is 8.90. The second-order valence-corrected chi connectivity index (χ2v) is 3.99. The van der Waals surface area contributed by atoms with E-state index in [9.17, 15) is 0 Å². The van der Waals surface area contributed by atoms with Crippen molar-refractivity contribution >= 4 is 0 Å². The molecule has 1 fully saturated rings. The quantitative estimate of drug-likeness (QED) is 0.657. The zero-order chi connectivity index (χ0) is 9.52. The molecular weight excluding hydrogens is 158 g/mol. The van der Waals surface area contributed by atoms with Crippen molar-refractivity contribution in [3.05, 3.63) is 0 Å². The first kappa shape index (κ1) is 10.6. The number of hydrogen-bond acceptors (Lipinski definition) is 1. The molecule has 1 heteroatoms. The minimum absolute atomic E-state index is 0.654. The molecule has 0 amide bonds. The van der Waals surface area contributed by atoms with E-state index in [0.717, 1.165) is 12.5 Å². The van der Waals surface area contributed by atoms with Crippen LogP contribution in [0, 0.1) is 17.8 Å².